The lowest BCUT2D eigenvalue weighted by atomic mass is 10.2. The van der Waals surface area contributed by atoms with Crippen molar-refractivity contribution in [3.05, 3.63) is 23.4 Å². The summed E-state index contributed by atoms with van der Waals surface area (Å²) in [6.07, 6.45) is 0.690. The predicted molar refractivity (Wildman–Crippen MR) is 53.9 cm³/mol. The molecule has 68 valence electrons. The van der Waals surface area contributed by atoms with Crippen LogP contribution in [0.2, 0.25) is 0 Å². The van der Waals surface area contributed by atoms with E-state index in [2.05, 4.69) is 16.8 Å². The highest BCUT2D eigenvalue weighted by molar-refractivity contribution is 5.40. The molecule has 1 rings (SSSR count). The van der Waals surface area contributed by atoms with E-state index in [-0.39, 0.29) is 0 Å². The van der Waals surface area contributed by atoms with Crippen molar-refractivity contribution < 1.29 is 0 Å². The van der Waals surface area contributed by atoms with Crippen molar-refractivity contribution in [2.75, 3.05) is 12.3 Å². The van der Waals surface area contributed by atoms with Crippen LogP contribution in [0.25, 0.3) is 0 Å². The van der Waals surface area contributed by atoms with E-state index in [1.54, 1.807) is 0 Å². The molecule has 1 aromatic rings. The fourth-order valence-corrected chi connectivity index (χ4v) is 0.983. The molecule has 3 heteroatoms. The lowest BCUT2D eigenvalue weighted by Crippen LogP contribution is -1.96. The summed E-state index contributed by atoms with van der Waals surface area (Å²) in [7, 11) is 0. The zero-order valence-corrected chi connectivity index (χ0v) is 7.67. The molecule has 0 radical (unpaired) electrons. The Morgan fingerprint density at radius 2 is 2.23 bits per heavy atom. The summed E-state index contributed by atoms with van der Waals surface area (Å²) in [5.41, 5.74) is 12.7. The first-order valence-electron chi connectivity index (χ1n) is 4.15. The summed E-state index contributed by atoms with van der Waals surface area (Å²) < 4.78 is 0. The van der Waals surface area contributed by atoms with E-state index in [4.69, 9.17) is 11.5 Å². The van der Waals surface area contributed by atoms with Crippen LogP contribution in [0.5, 0.6) is 0 Å². The van der Waals surface area contributed by atoms with Gasteiger partial charge in [-0.2, -0.15) is 0 Å². The number of nitrogen functional groups attached to an aromatic ring is 1. The first-order chi connectivity index (χ1) is 6.22. The van der Waals surface area contributed by atoms with Crippen molar-refractivity contribution in [3.63, 3.8) is 0 Å². The average Bonchev–Trinajstić information content (AvgIpc) is 2.03. The molecule has 0 spiro atoms. The van der Waals surface area contributed by atoms with Crippen molar-refractivity contribution in [3.8, 4) is 11.8 Å². The van der Waals surface area contributed by atoms with Crippen molar-refractivity contribution in [2.45, 2.75) is 13.3 Å². The molecule has 0 unspecified atom stereocenters. The molecule has 0 aliphatic carbocycles. The molecule has 0 aromatic carbocycles. The molecular weight excluding hydrogens is 162 g/mol. The van der Waals surface area contributed by atoms with E-state index in [1.165, 1.54) is 0 Å². The molecule has 0 fully saturated rings. The van der Waals surface area contributed by atoms with Gasteiger partial charge in [0.05, 0.1) is 0 Å². The van der Waals surface area contributed by atoms with Crippen LogP contribution in [-0.2, 0) is 0 Å². The van der Waals surface area contributed by atoms with Crippen molar-refractivity contribution in [1.29, 1.82) is 0 Å². The van der Waals surface area contributed by atoms with Crippen LogP contribution in [0.15, 0.2) is 12.1 Å². The van der Waals surface area contributed by atoms with E-state index >= 15 is 0 Å². The summed E-state index contributed by atoms with van der Waals surface area (Å²) in [6.45, 7) is 2.54. The third-order valence-electron chi connectivity index (χ3n) is 1.48. The lowest BCUT2D eigenvalue weighted by molar-refractivity contribution is 1.03. The third kappa shape index (κ3) is 3.14. The van der Waals surface area contributed by atoms with Gasteiger partial charge < -0.3 is 11.5 Å². The van der Waals surface area contributed by atoms with Gasteiger partial charge >= 0.3 is 0 Å². The van der Waals surface area contributed by atoms with Gasteiger partial charge in [0, 0.05) is 13.0 Å². The SMILES string of the molecule is Cc1cc(N)nc(C#CCCN)c1. The van der Waals surface area contributed by atoms with Gasteiger partial charge in [0.15, 0.2) is 0 Å². The third-order valence-corrected chi connectivity index (χ3v) is 1.48. The fraction of sp³-hybridized carbons (Fsp3) is 0.300. The van der Waals surface area contributed by atoms with Crippen LogP contribution in [0.3, 0.4) is 0 Å². The molecule has 0 aliphatic rings. The molecule has 1 aromatic heterocycles. The van der Waals surface area contributed by atoms with Crippen LogP contribution >= 0.6 is 0 Å². The highest BCUT2D eigenvalue weighted by Gasteiger charge is 1.92. The second-order valence-corrected chi connectivity index (χ2v) is 2.80. The molecule has 4 N–H and O–H groups in total. The Kier molecular flexibility index (Phi) is 3.30. The number of aryl methyl sites for hydroxylation is 1. The number of rotatable bonds is 1. The van der Waals surface area contributed by atoms with Gasteiger partial charge in [0.1, 0.15) is 11.5 Å². The molecule has 13 heavy (non-hydrogen) atoms. The van der Waals surface area contributed by atoms with E-state index in [0.717, 1.165) is 5.56 Å². The number of aromatic nitrogens is 1. The smallest absolute Gasteiger partial charge is 0.125 e. The highest BCUT2D eigenvalue weighted by atomic mass is 14.8. The zero-order chi connectivity index (χ0) is 9.68. The minimum absolute atomic E-state index is 0.511. The first-order valence-corrected chi connectivity index (χ1v) is 4.15. The Morgan fingerprint density at radius 3 is 2.85 bits per heavy atom. The number of anilines is 1. The van der Waals surface area contributed by atoms with Crippen LogP contribution in [0.1, 0.15) is 17.7 Å². The van der Waals surface area contributed by atoms with Gasteiger partial charge in [-0.15, -0.1) is 0 Å². The molecule has 1 heterocycles. The van der Waals surface area contributed by atoms with Gasteiger partial charge in [0.25, 0.3) is 0 Å². The lowest BCUT2D eigenvalue weighted by Gasteiger charge is -1.96. The standard InChI is InChI=1S/C10H13N3/c1-8-6-9(4-2-3-5-11)13-10(12)7-8/h6-7H,3,5,11H2,1H3,(H2,12,13). The van der Waals surface area contributed by atoms with E-state index in [0.29, 0.717) is 24.5 Å². The number of hydrogen-bond donors (Lipinski definition) is 2. The summed E-state index contributed by atoms with van der Waals surface area (Å²) >= 11 is 0. The summed E-state index contributed by atoms with van der Waals surface area (Å²) in [6, 6.07) is 3.72. The van der Waals surface area contributed by atoms with Crippen molar-refractivity contribution >= 4 is 5.82 Å². The van der Waals surface area contributed by atoms with Crippen LogP contribution in [0, 0.1) is 18.8 Å². The fourth-order valence-electron chi connectivity index (χ4n) is 0.983. The van der Waals surface area contributed by atoms with Gasteiger partial charge in [-0.1, -0.05) is 5.92 Å². The predicted octanol–water partition coefficient (Wildman–Crippen LogP) is 0.673. The Morgan fingerprint density at radius 1 is 1.46 bits per heavy atom. The summed E-state index contributed by atoms with van der Waals surface area (Å²) in [5, 5.41) is 0. The quantitative estimate of drug-likeness (QED) is 0.617. The van der Waals surface area contributed by atoms with Crippen LogP contribution < -0.4 is 11.5 Å². The number of nitrogens with zero attached hydrogens (tertiary/aromatic N) is 1. The minimum Gasteiger partial charge on any atom is -0.384 e. The molecule has 0 saturated heterocycles. The van der Waals surface area contributed by atoms with Gasteiger partial charge in [-0.25, -0.2) is 4.98 Å². The molecule has 3 nitrogen and oxygen atoms in total. The number of hydrogen-bond acceptors (Lipinski definition) is 3. The van der Waals surface area contributed by atoms with E-state index in [1.807, 2.05) is 19.1 Å². The maximum absolute atomic E-state index is 5.56. The number of pyridine rings is 1. The maximum Gasteiger partial charge on any atom is 0.125 e. The Hall–Kier alpha value is -1.53. The van der Waals surface area contributed by atoms with Crippen LogP contribution in [-0.4, -0.2) is 11.5 Å². The maximum atomic E-state index is 5.56. The highest BCUT2D eigenvalue weighted by Crippen LogP contribution is 2.04. The summed E-state index contributed by atoms with van der Waals surface area (Å²) in [4.78, 5) is 4.07. The topological polar surface area (TPSA) is 64.9 Å². The van der Waals surface area contributed by atoms with Crippen LogP contribution in [0.4, 0.5) is 5.82 Å². The molecular formula is C10H13N3. The Labute approximate surface area is 78.2 Å². The van der Waals surface area contributed by atoms with E-state index < -0.39 is 0 Å². The number of nitrogens with two attached hydrogens (primary N) is 2. The Bertz CT molecular complexity index is 327. The molecule has 0 atom stereocenters. The molecule has 0 bridgehead atoms. The van der Waals surface area contributed by atoms with Crippen molar-refractivity contribution in [2.24, 2.45) is 5.73 Å². The molecule has 0 amide bonds. The van der Waals surface area contributed by atoms with Gasteiger partial charge in [-0.05, 0) is 30.5 Å². The van der Waals surface area contributed by atoms with Gasteiger partial charge in [0.2, 0.25) is 0 Å². The monoisotopic (exact) mass is 175 g/mol. The normalized spacial score (nSPS) is 9.08. The minimum atomic E-state index is 0.511. The van der Waals surface area contributed by atoms with E-state index in [9.17, 15) is 0 Å². The van der Waals surface area contributed by atoms with Crippen molar-refractivity contribution in [1.82, 2.24) is 4.98 Å². The zero-order valence-electron chi connectivity index (χ0n) is 7.67. The molecule has 0 saturated carbocycles. The van der Waals surface area contributed by atoms with Gasteiger partial charge in [-0.3, -0.25) is 0 Å². The summed E-state index contributed by atoms with van der Waals surface area (Å²) in [5.74, 6) is 6.33. The first kappa shape index (κ1) is 9.56. The second kappa shape index (κ2) is 4.48. The largest absolute Gasteiger partial charge is 0.384 e. The average molecular weight is 175 g/mol. The molecule has 0 aliphatic heterocycles. The Balaban J connectivity index is 2.85. The second-order valence-electron chi connectivity index (χ2n) is 2.80.